The molecule has 15 heavy (non-hydrogen) atoms. The predicted molar refractivity (Wildman–Crippen MR) is 58.2 cm³/mol. The van der Waals surface area contributed by atoms with Crippen LogP contribution in [-0.4, -0.2) is 24.9 Å². The third-order valence-corrected chi connectivity index (χ3v) is 3.38. The van der Waals surface area contributed by atoms with Gasteiger partial charge in [0.15, 0.2) is 0 Å². The van der Waals surface area contributed by atoms with Crippen LogP contribution in [0.25, 0.3) is 0 Å². The van der Waals surface area contributed by atoms with E-state index < -0.39 is 0 Å². The minimum absolute atomic E-state index is 0.0719. The second kappa shape index (κ2) is 4.57. The summed E-state index contributed by atoms with van der Waals surface area (Å²) < 4.78 is 10.3. The maximum atomic E-state index is 11.1. The molecule has 2 rings (SSSR count). The summed E-state index contributed by atoms with van der Waals surface area (Å²) in [4.78, 5) is 12.2. The second-order valence-corrected chi connectivity index (χ2v) is 4.34. The van der Waals surface area contributed by atoms with Gasteiger partial charge in [-0.05, 0) is 12.1 Å². The van der Waals surface area contributed by atoms with Gasteiger partial charge in [-0.3, -0.25) is 4.79 Å². The number of thioether (sulfide) groups is 1. The highest BCUT2D eigenvalue weighted by Gasteiger charge is 2.22. The number of rotatable bonds is 2. The first-order valence-corrected chi connectivity index (χ1v) is 5.73. The van der Waals surface area contributed by atoms with E-state index in [9.17, 15) is 4.79 Å². The van der Waals surface area contributed by atoms with Gasteiger partial charge >= 0.3 is 5.97 Å². The average molecular weight is 224 g/mol. The van der Waals surface area contributed by atoms with Gasteiger partial charge in [-0.2, -0.15) is 0 Å². The molecule has 0 aliphatic carbocycles. The van der Waals surface area contributed by atoms with Crippen LogP contribution in [0.15, 0.2) is 29.2 Å². The molecule has 0 bridgehead atoms. The van der Waals surface area contributed by atoms with Crippen LogP contribution in [0.3, 0.4) is 0 Å². The fourth-order valence-corrected chi connectivity index (χ4v) is 2.42. The van der Waals surface area contributed by atoms with Gasteiger partial charge < -0.3 is 9.47 Å². The third-order valence-electron chi connectivity index (χ3n) is 2.19. The number of methoxy groups -OCH3 is 1. The van der Waals surface area contributed by atoms with Crippen LogP contribution in [0.5, 0.6) is 5.75 Å². The van der Waals surface area contributed by atoms with E-state index in [0.717, 1.165) is 16.4 Å². The van der Waals surface area contributed by atoms with E-state index in [1.54, 1.807) is 11.8 Å². The third kappa shape index (κ3) is 2.45. The monoisotopic (exact) mass is 224 g/mol. The normalized spacial score (nSPS) is 18.9. The van der Waals surface area contributed by atoms with E-state index in [1.807, 2.05) is 24.3 Å². The van der Waals surface area contributed by atoms with Crippen molar-refractivity contribution in [1.82, 2.24) is 0 Å². The van der Waals surface area contributed by atoms with Crippen molar-refractivity contribution in [3.8, 4) is 5.75 Å². The van der Waals surface area contributed by atoms with Gasteiger partial charge in [0.2, 0.25) is 0 Å². The number of benzene rings is 1. The standard InChI is InChI=1S/C11H12O3S/c1-13-11(12)6-8-7-15-10-5-3-2-4-9(10)14-8/h2-5,8H,6-7H2,1H3. The quantitative estimate of drug-likeness (QED) is 0.721. The van der Waals surface area contributed by atoms with Crippen molar-refractivity contribution in [2.45, 2.75) is 17.4 Å². The molecule has 1 aromatic carbocycles. The molecule has 1 aliphatic heterocycles. The number of carbonyl (C=O) groups excluding carboxylic acids is 1. The Bertz CT molecular complexity index is 365. The number of carbonyl (C=O) groups is 1. The Kier molecular flexibility index (Phi) is 3.16. The Morgan fingerprint density at radius 2 is 2.40 bits per heavy atom. The molecule has 1 heterocycles. The first-order chi connectivity index (χ1) is 7.29. The van der Waals surface area contributed by atoms with Crippen LogP contribution in [0.1, 0.15) is 6.42 Å². The summed E-state index contributed by atoms with van der Waals surface area (Å²) in [6.45, 7) is 0. The molecule has 0 N–H and O–H groups in total. The molecule has 0 radical (unpaired) electrons. The van der Waals surface area contributed by atoms with Gasteiger partial charge in [0, 0.05) is 10.6 Å². The van der Waals surface area contributed by atoms with Crippen LogP contribution in [0, 0.1) is 0 Å². The highest BCUT2D eigenvalue weighted by Crippen LogP contribution is 2.35. The molecule has 3 nitrogen and oxygen atoms in total. The zero-order chi connectivity index (χ0) is 10.7. The van der Waals surface area contributed by atoms with Crippen LogP contribution >= 0.6 is 11.8 Å². The lowest BCUT2D eigenvalue weighted by Crippen LogP contribution is -2.26. The summed E-state index contributed by atoms with van der Waals surface area (Å²) >= 11 is 1.72. The minimum Gasteiger partial charge on any atom is -0.488 e. The number of hydrogen-bond donors (Lipinski definition) is 0. The Hall–Kier alpha value is -1.16. The van der Waals surface area contributed by atoms with E-state index in [4.69, 9.17) is 4.74 Å². The fourth-order valence-electron chi connectivity index (χ4n) is 1.43. The molecule has 0 saturated carbocycles. The highest BCUT2D eigenvalue weighted by atomic mass is 32.2. The van der Waals surface area contributed by atoms with Gasteiger partial charge in [-0.15, -0.1) is 11.8 Å². The molecule has 4 heteroatoms. The van der Waals surface area contributed by atoms with Gasteiger partial charge in [0.25, 0.3) is 0 Å². The smallest absolute Gasteiger partial charge is 0.309 e. The summed E-state index contributed by atoms with van der Waals surface area (Å²) in [5, 5.41) is 0. The summed E-state index contributed by atoms with van der Waals surface area (Å²) in [6.07, 6.45) is 0.245. The molecule has 1 atom stereocenters. The molecular weight excluding hydrogens is 212 g/mol. The van der Waals surface area contributed by atoms with Gasteiger partial charge in [0.1, 0.15) is 11.9 Å². The zero-order valence-electron chi connectivity index (χ0n) is 8.43. The highest BCUT2D eigenvalue weighted by molar-refractivity contribution is 7.99. The largest absolute Gasteiger partial charge is 0.488 e. The first kappa shape index (κ1) is 10.4. The topological polar surface area (TPSA) is 35.5 Å². The Balaban J connectivity index is 2.02. The Morgan fingerprint density at radius 3 is 3.20 bits per heavy atom. The summed E-state index contributed by atoms with van der Waals surface area (Å²) in [6, 6.07) is 7.86. The maximum absolute atomic E-state index is 11.1. The van der Waals surface area contributed by atoms with E-state index in [2.05, 4.69) is 4.74 Å². The fraction of sp³-hybridized carbons (Fsp3) is 0.364. The van der Waals surface area contributed by atoms with Crippen molar-refractivity contribution in [2.75, 3.05) is 12.9 Å². The van der Waals surface area contributed by atoms with Gasteiger partial charge in [0.05, 0.1) is 13.5 Å². The molecule has 1 unspecified atom stereocenters. The number of fused-ring (bicyclic) bond motifs is 1. The van der Waals surface area contributed by atoms with E-state index in [0.29, 0.717) is 6.42 Å². The summed E-state index contributed by atoms with van der Waals surface area (Å²) in [7, 11) is 1.40. The van der Waals surface area contributed by atoms with Crippen molar-refractivity contribution in [1.29, 1.82) is 0 Å². The van der Waals surface area contributed by atoms with Crippen molar-refractivity contribution >= 4 is 17.7 Å². The Labute approximate surface area is 92.8 Å². The lowest BCUT2D eigenvalue weighted by Gasteiger charge is -2.24. The van der Waals surface area contributed by atoms with Crippen LogP contribution in [0.4, 0.5) is 0 Å². The number of ether oxygens (including phenoxy) is 2. The molecule has 0 amide bonds. The van der Waals surface area contributed by atoms with E-state index in [1.165, 1.54) is 7.11 Å². The molecule has 0 aromatic heterocycles. The second-order valence-electron chi connectivity index (χ2n) is 3.28. The van der Waals surface area contributed by atoms with Crippen molar-refractivity contribution < 1.29 is 14.3 Å². The van der Waals surface area contributed by atoms with Gasteiger partial charge in [-0.1, -0.05) is 12.1 Å². The lowest BCUT2D eigenvalue weighted by molar-refractivity contribution is -0.142. The lowest BCUT2D eigenvalue weighted by atomic mass is 10.2. The van der Waals surface area contributed by atoms with E-state index in [-0.39, 0.29) is 12.1 Å². The van der Waals surface area contributed by atoms with E-state index >= 15 is 0 Å². The van der Waals surface area contributed by atoms with Crippen molar-refractivity contribution in [3.05, 3.63) is 24.3 Å². The molecule has 0 spiro atoms. The number of esters is 1. The first-order valence-electron chi connectivity index (χ1n) is 4.75. The van der Waals surface area contributed by atoms with Crippen LogP contribution < -0.4 is 4.74 Å². The Morgan fingerprint density at radius 1 is 1.60 bits per heavy atom. The molecule has 80 valence electrons. The average Bonchev–Trinajstić information content (AvgIpc) is 2.29. The summed E-state index contributed by atoms with van der Waals surface area (Å²) in [5.74, 6) is 1.44. The van der Waals surface area contributed by atoms with Crippen LogP contribution in [0.2, 0.25) is 0 Å². The minimum atomic E-state index is -0.222. The molecule has 0 saturated heterocycles. The number of hydrogen-bond acceptors (Lipinski definition) is 4. The van der Waals surface area contributed by atoms with Crippen LogP contribution in [-0.2, 0) is 9.53 Å². The SMILES string of the molecule is COC(=O)CC1CSc2ccccc2O1. The predicted octanol–water partition coefficient (Wildman–Crippen LogP) is 2.10. The number of para-hydroxylation sites is 1. The maximum Gasteiger partial charge on any atom is 0.309 e. The van der Waals surface area contributed by atoms with Crippen molar-refractivity contribution in [3.63, 3.8) is 0 Å². The molecular formula is C11H12O3S. The molecule has 1 aliphatic rings. The summed E-state index contributed by atoms with van der Waals surface area (Å²) in [5.41, 5.74) is 0. The van der Waals surface area contributed by atoms with Gasteiger partial charge in [-0.25, -0.2) is 0 Å². The molecule has 0 fully saturated rings. The zero-order valence-corrected chi connectivity index (χ0v) is 9.25. The van der Waals surface area contributed by atoms with Crippen molar-refractivity contribution in [2.24, 2.45) is 0 Å². The molecule has 1 aromatic rings.